The number of H-pyrrole nitrogens is 1. The predicted octanol–water partition coefficient (Wildman–Crippen LogP) is 1.77. The van der Waals surface area contributed by atoms with Crippen LogP contribution in [0.5, 0.6) is 5.88 Å². The van der Waals surface area contributed by atoms with Gasteiger partial charge >= 0.3 is 0 Å². The molecular formula is C11H18N2O2. The van der Waals surface area contributed by atoms with E-state index in [1.807, 2.05) is 6.92 Å². The van der Waals surface area contributed by atoms with Gasteiger partial charge in [0.15, 0.2) is 5.88 Å². The minimum Gasteiger partial charge on any atom is -0.494 e. The summed E-state index contributed by atoms with van der Waals surface area (Å²) in [4.78, 5) is 13.9. The molecule has 0 saturated carbocycles. The molecule has 0 aliphatic carbocycles. The number of aromatic amines is 1. The molecule has 3 N–H and O–H groups in total. The number of hydrogen-bond acceptors (Lipinski definition) is 3. The van der Waals surface area contributed by atoms with Crippen molar-refractivity contribution in [1.82, 2.24) is 4.98 Å². The predicted molar refractivity (Wildman–Crippen MR) is 61.6 cm³/mol. The molecule has 1 heterocycles. The van der Waals surface area contributed by atoms with Crippen LogP contribution < -0.4 is 10.9 Å². The van der Waals surface area contributed by atoms with Gasteiger partial charge < -0.3 is 10.4 Å². The summed E-state index contributed by atoms with van der Waals surface area (Å²) in [5, 5.41) is 12.5. The monoisotopic (exact) mass is 210 g/mol. The summed E-state index contributed by atoms with van der Waals surface area (Å²) in [5.74, 6) is 0.00458. The maximum absolute atomic E-state index is 11.4. The Balaban J connectivity index is 3.20. The van der Waals surface area contributed by atoms with Crippen molar-refractivity contribution in [3.8, 4) is 5.88 Å². The molecule has 0 bridgehead atoms. The van der Waals surface area contributed by atoms with E-state index < -0.39 is 0 Å². The summed E-state index contributed by atoms with van der Waals surface area (Å²) in [7, 11) is 1.71. The number of aromatic hydroxyl groups is 1. The number of pyridine rings is 1. The van der Waals surface area contributed by atoms with Crippen LogP contribution in [0, 0.1) is 6.92 Å². The van der Waals surface area contributed by atoms with E-state index in [0.717, 1.165) is 30.4 Å². The van der Waals surface area contributed by atoms with Crippen molar-refractivity contribution in [3.05, 3.63) is 21.5 Å². The van der Waals surface area contributed by atoms with Crippen LogP contribution >= 0.6 is 0 Å². The van der Waals surface area contributed by atoms with Crippen molar-refractivity contribution in [1.29, 1.82) is 0 Å². The number of rotatable bonds is 4. The average Bonchev–Trinajstić information content (AvgIpc) is 2.17. The first-order chi connectivity index (χ1) is 7.11. The highest BCUT2D eigenvalue weighted by atomic mass is 16.3. The number of nitrogens with one attached hydrogen (secondary N) is 2. The Hall–Kier alpha value is -1.45. The topological polar surface area (TPSA) is 65.1 Å². The first kappa shape index (κ1) is 11.6. The molecule has 0 saturated heterocycles. The van der Waals surface area contributed by atoms with Crippen molar-refractivity contribution in [2.75, 3.05) is 12.4 Å². The van der Waals surface area contributed by atoms with Crippen molar-refractivity contribution >= 4 is 5.69 Å². The Bertz CT molecular complexity index is 396. The maximum Gasteiger partial charge on any atom is 0.274 e. The van der Waals surface area contributed by atoms with Gasteiger partial charge in [-0.1, -0.05) is 13.3 Å². The normalized spacial score (nSPS) is 10.3. The minimum atomic E-state index is -0.271. The van der Waals surface area contributed by atoms with Gasteiger partial charge in [0, 0.05) is 12.6 Å². The molecule has 15 heavy (non-hydrogen) atoms. The molecule has 1 aromatic heterocycles. The molecule has 0 atom stereocenters. The van der Waals surface area contributed by atoms with Crippen LogP contribution in [0.2, 0.25) is 0 Å². The van der Waals surface area contributed by atoms with Crippen molar-refractivity contribution < 1.29 is 5.11 Å². The van der Waals surface area contributed by atoms with Crippen LogP contribution in [-0.2, 0) is 6.42 Å². The molecule has 0 aliphatic rings. The van der Waals surface area contributed by atoms with Crippen LogP contribution in [0.25, 0.3) is 0 Å². The largest absolute Gasteiger partial charge is 0.494 e. The quantitative estimate of drug-likeness (QED) is 0.709. The van der Waals surface area contributed by atoms with Gasteiger partial charge in [-0.25, -0.2) is 0 Å². The van der Waals surface area contributed by atoms with E-state index in [9.17, 15) is 9.90 Å². The first-order valence-electron chi connectivity index (χ1n) is 5.24. The fraction of sp³-hybridized carbons (Fsp3) is 0.545. The number of unbranched alkanes of at least 4 members (excludes halogenated alkanes) is 1. The highest BCUT2D eigenvalue weighted by Gasteiger charge is 2.12. The SMILES string of the molecule is CCCCc1c(O)[nH]c(=O)c(NC)c1C. The summed E-state index contributed by atoms with van der Waals surface area (Å²) >= 11 is 0. The molecule has 4 nitrogen and oxygen atoms in total. The van der Waals surface area contributed by atoms with Crippen molar-refractivity contribution in [2.24, 2.45) is 0 Å². The number of anilines is 1. The van der Waals surface area contributed by atoms with Crippen LogP contribution in [0.1, 0.15) is 30.9 Å². The lowest BCUT2D eigenvalue weighted by Gasteiger charge is -2.11. The Morgan fingerprint density at radius 2 is 2.13 bits per heavy atom. The fourth-order valence-electron chi connectivity index (χ4n) is 1.70. The highest BCUT2D eigenvalue weighted by molar-refractivity contribution is 5.54. The Labute approximate surface area is 89.3 Å². The van der Waals surface area contributed by atoms with E-state index >= 15 is 0 Å². The van der Waals surface area contributed by atoms with E-state index in [1.165, 1.54) is 0 Å². The second-order valence-corrected chi connectivity index (χ2v) is 3.63. The van der Waals surface area contributed by atoms with Gasteiger partial charge in [0.1, 0.15) is 5.69 Å². The molecule has 0 spiro atoms. The lowest BCUT2D eigenvalue weighted by atomic mass is 10.0. The van der Waals surface area contributed by atoms with E-state index in [1.54, 1.807) is 7.05 Å². The van der Waals surface area contributed by atoms with Gasteiger partial charge in [-0.05, 0) is 25.3 Å². The standard InChI is InChI=1S/C11H18N2O2/c1-4-5-6-8-7(2)9(12-3)11(15)13-10(8)14/h12H,4-6H2,1-3H3,(H2,13,14,15). The van der Waals surface area contributed by atoms with Crippen LogP contribution in [0.3, 0.4) is 0 Å². The summed E-state index contributed by atoms with van der Waals surface area (Å²) in [6.45, 7) is 3.95. The molecule has 0 radical (unpaired) electrons. The van der Waals surface area contributed by atoms with Crippen LogP contribution in [0.15, 0.2) is 4.79 Å². The molecule has 1 aromatic rings. The van der Waals surface area contributed by atoms with Gasteiger partial charge in [-0.3, -0.25) is 9.78 Å². The summed E-state index contributed by atoms with van der Waals surface area (Å²) in [6, 6.07) is 0. The minimum absolute atomic E-state index is 0.00458. The van der Waals surface area contributed by atoms with E-state index in [0.29, 0.717) is 5.69 Å². The van der Waals surface area contributed by atoms with Crippen molar-refractivity contribution in [2.45, 2.75) is 33.1 Å². The zero-order valence-electron chi connectivity index (χ0n) is 9.48. The highest BCUT2D eigenvalue weighted by Crippen LogP contribution is 2.23. The van der Waals surface area contributed by atoms with Gasteiger partial charge in [-0.2, -0.15) is 0 Å². The van der Waals surface area contributed by atoms with Crippen molar-refractivity contribution in [3.63, 3.8) is 0 Å². The van der Waals surface area contributed by atoms with Crippen LogP contribution in [0.4, 0.5) is 5.69 Å². The molecule has 1 rings (SSSR count). The molecule has 4 heteroatoms. The van der Waals surface area contributed by atoms with Gasteiger partial charge in [-0.15, -0.1) is 0 Å². The molecule has 0 aliphatic heterocycles. The second kappa shape index (κ2) is 4.87. The first-order valence-corrected chi connectivity index (χ1v) is 5.24. The molecule has 0 amide bonds. The molecule has 0 fully saturated rings. The number of aromatic nitrogens is 1. The second-order valence-electron chi connectivity index (χ2n) is 3.63. The summed E-state index contributed by atoms with van der Waals surface area (Å²) in [5.41, 5.74) is 1.94. The lowest BCUT2D eigenvalue weighted by Crippen LogP contribution is -2.15. The average molecular weight is 210 g/mol. The third-order valence-electron chi connectivity index (χ3n) is 2.60. The maximum atomic E-state index is 11.4. The lowest BCUT2D eigenvalue weighted by molar-refractivity contribution is 0.442. The Kier molecular flexibility index (Phi) is 3.77. The molecule has 0 unspecified atom stereocenters. The van der Waals surface area contributed by atoms with Gasteiger partial charge in [0.25, 0.3) is 5.56 Å². The van der Waals surface area contributed by atoms with E-state index in [2.05, 4.69) is 17.2 Å². The summed E-state index contributed by atoms with van der Waals surface area (Å²) in [6.07, 6.45) is 2.86. The molecule has 0 aromatic carbocycles. The zero-order chi connectivity index (χ0) is 11.4. The molecular weight excluding hydrogens is 192 g/mol. The molecule has 84 valence electrons. The van der Waals surface area contributed by atoms with Crippen LogP contribution in [-0.4, -0.2) is 17.1 Å². The number of hydrogen-bond donors (Lipinski definition) is 3. The van der Waals surface area contributed by atoms with E-state index in [4.69, 9.17) is 0 Å². The Morgan fingerprint density at radius 3 is 2.67 bits per heavy atom. The van der Waals surface area contributed by atoms with Gasteiger partial charge in [0.2, 0.25) is 0 Å². The Morgan fingerprint density at radius 1 is 1.47 bits per heavy atom. The third-order valence-corrected chi connectivity index (χ3v) is 2.60. The zero-order valence-corrected chi connectivity index (χ0v) is 9.48. The third kappa shape index (κ3) is 2.32. The van der Waals surface area contributed by atoms with Gasteiger partial charge in [0.05, 0.1) is 0 Å². The smallest absolute Gasteiger partial charge is 0.274 e. The van der Waals surface area contributed by atoms with E-state index in [-0.39, 0.29) is 11.4 Å². The fourth-order valence-corrected chi connectivity index (χ4v) is 1.70. The summed E-state index contributed by atoms with van der Waals surface area (Å²) < 4.78 is 0.